The highest BCUT2D eigenvalue weighted by atomic mass is 16.7. The van der Waals surface area contributed by atoms with Crippen molar-refractivity contribution in [3.63, 3.8) is 0 Å². The number of hydrogen-bond donors (Lipinski definition) is 2. The molecule has 2 aliphatic rings. The van der Waals surface area contributed by atoms with Gasteiger partial charge in [-0.05, 0) is 53.3 Å². The predicted octanol–water partition coefficient (Wildman–Crippen LogP) is 2.84. The van der Waals surface area contributed by atoms with Crippen LogP contribution in [0.2, 0.25) is 0 Å². The largest absolute Gasteiger partial charge is 0.493 e. The average Bonchev–Trinajstić information content (AvgIpc) is 3.32. The van der Waals surface area contributed by atoms with E-state index < -0.39 is 6.04 Å². The summed E-state index contributed by atoms with van der Waals surface area (Å²) >= 11 is 0. The van der Waals surface area contributed by atoms with Crippen LogP contribution in [-0.4, -0.2) is 50.4 Å². The van der Waals surface area contributed by atoms with Crippen LogP contribution >= 0.6 is 0 Å². The maximum Gasteiger partial charge on any atom is 0.318 e. The number of carbonyl (C=O) groups excluding carboxylic acids is 2. The molecule has 2 aliphatic heterocycles. The summed E-state index contributed by atoms with van der Waals surface area (Å²) in [5, 5.41) is 5.84. The van der Waals surface area contributed by atoms with E-state index >= 15 is 0 Å². The number of rotatable bonds is 7. The summed E-state index contributed by atoms with van der Waals surface area (Å²) in [6.45, 7) is 5.34. The quantitative estimate of drug-likeness (QED) is 0.647. The van der Waals surface area contributed by atoms with Gasteiger partial charge in [0.15, 0.2) is 23.0 Å². The molecule has 0 radical (unpaired) electrons. The Hall–Kier alpha value is -3.62. The molecule has 0 bridgehead atoms. The second-order valence-corrected chi connectivity index (χ2v) is 8.72. The number of nitrogens with zero attached hydrogens (tertiary/aromatic N) is 1. The van der Waals surface area contributed by atoms with Crippen molar-refractivity contribution < 1.29 is 28.5 Å². The number of methoxy groups -OCH3 is 2. The van der Waals surface area contributed by atoms with Crippen LogP contribution in [0.1, 0.15) is 30.5 Å². The van der Waals surface area contributed by atoms with Gasteiger partial charge >= 0.3 is 6.03 Å². The normalized spacial score (nSPS) is 14.9. The summed E-state index contributed by atoms with van der Waals surface area (Å²) < 4.78 is 21.5. The second kappa shape index (κ2) is 10.1. The van der Waals surface area contributed by atoms with E-state index in [9.17, 15) is 9.59 Å². The van der Waals surface area contributed by atoms with Crippen LogP contribution in [0.25, 0.3) is 0 Å². The van der Waals surface area contributed by atoms with Gasteiger partial charge in [-0.1, -0.05) is 19.9 Å². The van der Waals surface area contributed by atoms with E-state index in [1.165, 1.54) is 0 Å². The van der Waals surface area contributed by atoms with Crippen molar-refractivity contribution in [3.05, 3.63) is 47.0 Å². The summed E-state index contributed by atoms with van der Waals surface area (Å²) in [6.07, 6.45) is 0.700. The lowest BCUT2D eigenvalue weighted by Crippen LogP contribution is -2.54. The molecule has 2 aromatic carbocycles. The van der Waals surface area contributed by atoms with Gasteiger partial charge in [0.1, 0.15) is 6.04 Å². The lowest BCUT2D eigenvalue weighted by Gasteiger charge is -2.32. The fourth-order valence-electron chi connectivity index (χ4n) is 4.17. The highest BCUT2D eigenvalue weighted by molar-refractivity contribution is 5.87. The van der Waals surface area contributed by atoms with E-state index in [-0.39, 0.29) is 24.6 Å². The van der Waals surface area contributed by atoms with Crippen molar-refractivity contribution in [2.24, 2.45) is 5.92 Å². The SMILES string of the molecule is COc1cc2c(cc1OC)CN(C(=O)N[C@H](C(=O)NCc1ccc3c(c1)OCO3)C(C)C)CC2. The summed E-state index contributed by atoms with van der Waals surface area (Å²) in [4.78, 5) is 27.7. The fraction of sp³-hybridized carbons (Fsp3) is 0.440. The van der Waals surface area contributed by atoms with Crippen molar-refractivity contribution in [1.82, 2.24) is 15.5 Å². The molecule has 0 aliphatic carbocycles. The zero-order valence-electron chi connectivity index (χ0n) is 20.0. The summed E-state index contributed by atoms with van der Waals surface area (Å²) in [5.74, 6) is 2.36. The minimum absolute atomic E-state index is 0.0814. The van der Waals surface area contributed by atoms with Gasteiger partial charge in [-0.3, -0.25) is 4.79 Å². The topological polar surface area (TPSA) is 98.4 Å². The number of ether oxygens (including phenoxy) is 4. The standard InChI is InChI=1S/C25H31N3O6/c1-15(2)23(24(29)26-12-16-5-6-19-22(9-16)34-14-33-19)27-25(30)28-8-7-17-10-20(31-3)21(32-4)11-18(17)13-28/h5-6,9-11,15,23H,7-8,12-14H2,1-4H3,(H,26,29)(H,27,30)/t23-/m0/s1. The molecule has 4 rings (SSSR count). The highest BCUT2D eigenvalue weighted by Crippen LogP contribution is 2.34. The fourth-order valence-corrected chi connectivity index (χ4v) is 4.17. The third-order valence-electron chi connectivity index (χ3n) is 6.14. The van der Waals surface area contributed by atoms with E-state index in [1.54, 1.807) is 19.1 Å². The van der Waals surface area contributed by atoms with Crippen molar-refractivity contribution in [3.8, 4) is 23.0 Å². The molecule has 1 atom stereocenters. The Morgan fingerprint density at radius 3 is 2.44 bits per heavy atom. The molecule has 2 N–H and O–H groups in total. The van der Waals surface area contributed by atoms with Gasteiger partial charge in [-0.15, -0.1) is 0 Å². The first kappa shape index (κ1) is 23.5. The number of amides is 3. The molecule has 9 heteroatoms. The molecule has 182 valence electrons. The Labute approximate surface area is 199 Å². The zero-order chi connectivity index (χ0) is 24.2. The molecule has 9 nitrogen and oxygen atoms in total. The maximum absolute atomic E-state index is 13.1. The van der Waals surface area contributed by atoms with E-state index in [2.05, 4.69) is 10.6 Å². The Balaban J connectivity index is 1.37. The van der Waals surface area contributed by atoms with E-state index in [1.807, 2.05) is 44.2 Å². The first-order valence-electron chi connectivity index (χ1n) is 11.3. The molecule has 0 aromatic heterocycles. The number of fused-ring (bicyclic) bond motifs is 2. The van der Waals surface area contributed by atoms with Crippen molar-refractivity contribution in [1.29, 1.82) is 0 Å². The van der Waals surface area contributed by atoms with Gasteiger partial charge < -0.3 is 34.5 Å². The summed E-state index contributed by atoms with van der Waals surface area (Å²) in [7, 11) is 3.20. The van der Waals surface area contributed by atoms with Gasteiger partial charge in [0.25, 0.3) is 0 Å². The third-order valence-corrected chi connectivity index (χ3v) is 6.14. The monoisotopic (exact) mass is 469 g/mol. The number of benzene rings is 2. The van der Waals surface area contributed by atoms with E-state index in [0.29, 0.717) is 49.1 Å². The number of hydrogen-bond acceptors (Lipinski definition) is 6. The minimum atomic E-state index is -0.659. The third kappa shape index (κ3) is 4.98. The molecule has 0 saturated heterocycles. The van der Waals surface area contributed by atoms with Gasteiger partial charge in [0.2, 0.25) is 12.7 Å². The van der Waals surface area contributed by atoms with Crippen molar-refractivity contribution in [2.45, 2.75) is 39.4 Å². The summed E-state index contributed by atoms with van der Waals surface area (Å²) in [5.41, 5.74) is 3.03. The highest BCUT2D eigenvalue weighted by Gasteiger charge is 2.29. The molecular formula is C25H31N3O6. The molecule has 0 fully saturated rings. The average molecular weight is 470 g/mol. The van der Waals surface area contributed by atoms with Gasteiger partial charge in [0, 0.05) is 19.6 Å². The maximum atomic E-state index is 13.1. The van der Waals surface area contributed by atoms with Crippen molar-refractivity contribution >= 4 is 11.9 Å². The van der Waals surface area contributed by atoms with Gasteiger partial charge in [-0.25, -0.2) is 4.79 Å². The second-order valence-electron chi connectivity index (χ2n) is 8.72. The molecule has 0 unspecified atom stereocenters. The zero-order valence-corrected chi connectivity index (χ0v) is 20.0. The number of carbonyl (C=O) groups is 2. The van der Waals surface area contributed by atoms with Gasteiger partial charge in [0.05, 0.1) is 14.2 Å². The Morgan fingerprint density at radius 1 is 1.03 bits per heavy atom. The first-order valence-corrected chi connectivity index (χ1v) is 11.3. The Morgan fingerprint density at radius 2 is 1.74 bits per heavy atom. The molecular weight excluding hydrogens is 438 g/mol. The Bertz CT molecular complexity index is 1070. The Kier molecular flexibility index (Phi) is 7.00. The number of nitrogens with one attached hydrogen (secondary N) is 2. The lowest BCUT2D eigenvalue weighted by atomic mass is 9.99. The lowest BCUT2D eigenvalue weighted by molar-refractivity contribution is -0.124. The van der Waals surface area contributed by atoms with Gasteiger partial charge in [-0.2, -0.15) is 0 Å². The van der Waals surface area contributed by atoms with Crippen LogP contribution in [0.3, 0.4) is 0 Å². The first-order chi connectivity index (χ1) is 16.4. The predicted molar refractivity (Wildman–Crippen MR) is 125 cm³/mol. The van der Waals surface area contributed by atoms with Crippen LogP contribution in [0.4, 0.5) is 4.79 Å². The van der Waals surface area contributed by atoms with Crippen molar-refractivity contribution in [2.75, 3.05) is 27.6 Å². The minimum Gasteiger partial charge on any atom is -0.493 e. The van der Waals surface area contributed by atoms with Crippen LogP contribution in [0.15, 0.2) is 30.3 Å². The summed E-state index contributed by atoms with van der Waals surface area (Å²) in [6, 6.07) is 8.50. The smallest absolute Gasteiger partial charge is 0.318 e. The van der Waals surface area contributed by atoms with Crippen LogP contribution in [0.5, 0.6) is 23.0 Å². The van der Waals surface area contributed by atoms with Crippen LogP contribution in [-0.2, 0) is 24.3 Å². The number of urea groups is 1. The van der Waals surface area contributed by atoms with Crippen LogP contribution < -0.4 is 29.6 Å². The molecule has 34 heavy (non-hydrogen) atoms. The molecule has 3 amide bonds. The van der Waals surface area contributed by atoms with E-state index in [4.69, 9.17) is 18.9 Å². The molecule has 2 heterocycles. The van der Waals surface area contributed by atoms with Crippen LogP contribution in [0, 0.1) is 5.92 Å². The van der Waals surface area contributed by atoms with E-state index in [0.717, 1.165) is 16.7 Å². The molecule has 0 saturated carbocycles. The molecule has 0 spiro atoms. The molecule has 2 aromatic rings.